The highest BCUT2D eigenvalue weighted by Gasteiger charge is 2.47. The van der Waals surface area contributed by atoms with Crippen molar-refractivity contribution in [2.45, 2.75) is 70.0 Å². The zero-order chi connectivity index (χ0) is 30.8. The summed E-state index contributed by atoms with van der Waals surface area (Å²) in [6, 6.07) is 10.1. The first-order valence-electron chi connectivity index (χ1n) is 17.9. The first kappa shape index (κ1) is 28.9. The summed E-state index contributed by atoms with van der Waals surface area (Å²) in [6.45, 7) is 9.67. The number of aromatic nitrogens is 4. The molecule has 3 saturated heterocycles. The standard InChI is InChI=1S/C37H48N8O/c1-23-3-2-4-33(13-23)46-32-7-5-24(6-8-32)35-34-36(38)40-22-41-37(34)45(42-35)29-9-11-43(12-10-29)30-16-27-20-44(21-28(27)17-30)31-14-25-18-39-19-26(25)15-31/h2,4-8,13,22-23,25-31,39H,3,9-12,14-21H2,1H3,(H2,38,40,41)/t23?,25-,26+,27-,28+,30?,31?. The number of hydrogen-bond acceptors (Lipinski definition) is 8. The number of allylic oxidation sites excluding steroid dienone is 3. The fraction of sp³-hybridized carbons (Fsp3) is 0.595. The van der Waals surface area contributed by atoms with Gasteiger partial charge in [0.1, 0.15) is 29.3 Å². The highest BCUT2D eigenvalue weighted by atomic mass is 16.5. The largest absolute Gasteiger partial charge is 0.458 e. The molecule has 5 fully saturated rings. The van der Waals surface area contributed by atoms with Gasteiger partial charge in [-0.15, -0.1) is 0 Å². The summed E-state index contributed by atoms with van der Waals surface area (Å²) < 4.78 is 8.29. The van der Waals surface area contributed by atoms with Crippen LogP contribution in [0.25, 0.3) is 22.3 Å². The molecule has 0 radical (unpaired) electrons. The number of anilines is 1. The normalized spacial score (nSPS) is 33.5. The van der Waals surface area contributed by atoms with Gasteiger partial charge in [0.25, 0.3) is 0 Å². The van der Waals surface area contributed by atoms with Crippen molar-refractivity contribution in [3.05, 3.63) is 54.6 Å². The summed E-state index contributed by atoms with van der Waals surface area (Å²) in [5.41, 5.74) is 9.16. The molecule has 5 heterocycles. The maximum absolute atomic E-state index is 6.47. The maximum Gasteiger partial charge on any atom is 0.164 e. The Bertz CT molecular complexity index is 1610. The average Bonchev–Trinajstić information content (AvgIpc) is 3.87. The molecule has 7 atom stereocenters. The predicted octanol–water partition coefficient (Wildman–Crippen LogP) is 5.28. The van der Waals surface area contributed by atoms with E-state index in [2.05, 4.69) is 62.1 Å². The van der Waals surface area contributed by atoms with E-state index in [0.29, 0.717) is 17.8 Å². The summed E-state index contributed by atoms with van der Waals surface area (Å²) in [6.07, 6.45) is 16.9. The van der Waals surface area contributed by atoms with Crippen molar-refractivity contribution in [3.8, 4) is 17.0 Å². The molecular formula is C37H48N8O. The van der Waals surface area contributed by atoms with Crippen LogP contribution in [0.15, 0.2) is 54.6 Å². The van der Waals surface area contributed by atoms with E-state index in [0.717, 1.165) is 102 Å². The third-order valence-electron chi connectivity index (χ3n) is 12.4. The Morgan fingerprint density at radius 1 is 0.848 bits per heavy atom. The molecule has 3 unspecified atom stereocenters. The van der Waals surface area contributed by atoms with E-state index in [1.807, 2.05) is 12.1 Å². The molecule has 3 aliphatic carbocycles. The zero-order valence-corrected chi connectivity index (χ0v) is 27.1. The lowest BCUT2D eigenvalue weighted by Gasteiger charge is -2.37. The topological polar surface area (TPSA) is 97.4 Å². The molecule has 46 heavy (non-hydrogen) atoms. The monoisotopic (exact) mass is 620 g/mol. The van der Waals surface area contributed by atoms with E-state index < -0.39 is 0 Å². The van der Waals surface area contributed by atoms with Gasteiger partial charge in [0.05, 0.1) is 11.4 Å². The summed E-state index contributed by atoms with van der Waals surface area (Å²) in [5, 5.41) is 9.64. The van der Waals surface area contributed by atoms with Crippen LogP contribution in [-0.4, -0.2) is 80.9 Å². The minimum Gasteiger partial charge on any atom is -0.458 e. The number of fused-ring (bicyclic) bond motifs is 3. The highest BCUT2D eigenvalue weighted by molar-refractivity contribution is 5.98. The quantitative estimate of drug-likeness (QED) is 0.384. The van der Waals surface area contributed by atoms with Crippen LogP contribution in [0.1, 0.15) is 57.9 Å². The van der Waals surface area contributed by atoms with E-state index >= 15 is 0 Å². The molecular weight excluding hydrogens is 572 g/mol. The van der Waals surface area contributed by atoms with Crippen LogP contribution in [0.4, 0.5) is 5.82 Å². The van der Waals surface area contributed by atoms with E-state index in [4.69, 9.17) is 20.6 Å². The van der Waals surface area contributed by atoms with E-state index in [1.54, 1.807) is 6.33 Å². The number of nitrogens with zero attached hydrogens (tertiary/aromatic N) is 6. The molecule has 6 aliphatic rings. The summed E-state index contributed by atoms with van der Waals surface area (Å²) in [4.78, 5) is 14.8. The number of likely N-dealkylation sites (tertiary alicyclic amines) is 2. The van der Waals surface area contributed by atoms with Crippen LogP contribution in [0, 0.1) is 29.6 Å². The van der Waals surface area contributed by atoms with Crippen LogP contribution in [0.3, 0.4) is 0 Å². The lowest BCUT2D eigenvalue weighted by molar-refractivity contribution is 0.121. The van der Waals surface area contributed by atoms with Gasteiger partial charge in [-0.2, -0.15) is 5.10 Å². The minimum absolute atomic E-state index is 0.309. The average molecular weight is 621 g/mol. The van der Waals surface area contributed by atoms with E-state index in [1.165, 1.54) is 51.9 Å². The third-order valence-corrected chi connectivity index (χ3v) is 12.4. The van der Waals surface area contributed by atoms with Crippen LogP contribution in [0.2, 0.25) is 0 Å². The molecule has 242 valence electrons. The number of rotatable bonds is 6. The Hall–Kier alpha value is -3.27. The number of ether oxygens (including phenoxy) is 1. The number of hydrogen-bond donors (Lipinski definition) is 2. The fourth-order valence-corrected chi connectivity index (χ4v) is 9.97. The van der Waals surface area contributed by atoms with Crippen molar-refractivity contribution in [3.63, 3.8) is 0 Å². The van der Waals surface area contributed by atoms with Crippen molar-refractivity contribution in [1.82, 2.24) is 34.9 Å². The van der Waals surface area contributed by atoms with Crippen molar-refractivity contribution in [1.29, 1.82) is 0 Å². The lowest BCUT2D eigenvalue weighted by atomic mass is 10.0. The second-order valence-electron chi connectivity index (χ2n) is 15.2. The first-order valence-corrected chi connectivity index (χ1v) is 17.9. The molecule has 3 aliphatic heterocycles. The summed E-state index contributed by atoms with van der Waals surface area (Å²) in [7, 11) is 0. The molecule has 2 aromatic heterocycles. The number of piperidine rings is 1. The second kappa shape index (κ2) is 11.8. The third kappa shape index (κ3) is 5.24. The van der Waals surface area contributed by atoms with Gasteiger partial charge in [0.15, 0.2) is 5.65 Å². The molecule has 1 aromatic carbocycles. The molecule has 3 N–H and O–H groups in total. The summed E-state index contributed by atoms with van der Waals surface area (Å²) in [5.74, 6) is 6.37. The van der Waals surface area contributed by atoms with Crippen molar-refractivity contribution < 1.29 is 4.74 Å². The van der Waals surface area contributed by atoms with Crippen LogP contribution >= 0.6 is 0 Å². The Balaban J connectivity index is 0.854. The fourth-order valence-electron chi connectivity index (χ4n) is 9.97. The Kier molecular flexibility index (Phi) is 7.39. The number of nitrogen functional groups attached to an aromatic ring is 1. The minimum atomic E-state index is 0.309. The Morgan fingerprint density at radius 3 is 2.26 bits per heavy atom. The second-order valence-corrected chi connectivity index (χ2v) is 15.2. The van der Waals surface area contributed by atoms with Gasteiger partial charge in [-0.1, -0.05) is 13.0 Å². The van der Waals surface area contributed by atoms with Gasteiger partial charge in [-0.3, -0.25) is 4.90 Å². The van der Waals surface area contributed by atoms with Crippen LogP contribution in [0.5, 0.6) is 5.75 Å². The van der Waals surface area contributed by atoms with Gasteiger partial charge in [0, 0.05) is 43.8 Å². The number of nitrogens with one attached hydrogen (secondary N) is 1. The van der Waals surface area contributed by atoms with E-state index in [9.17, 15) is 0 Å². The lowest BCUT2D eigenvalue weighted by Crippen LogP contribution is -2.42. The molecule has 2 saturated carbocycles. The number of benzene rings is 1. The molecule has 0 amide bonds. The number of nitrogens with two attached hydrogens (primary N) is 1. The molecule has 0 bridgehead atoms. The van der Waals surface area contributed by atoms with E-state index in [-0.39, 0.29) is 0 Å². The van der Waals surface area contributed by atoms with Crippen molar-refractivity contribution in [2.24, 2.45) is 29.6 Å². The molecule has 9 heteroatoms. The van der Waals surface area contributed by atoms with Crippen LogP contribution in [-0.2, 0) is 0 Å². The van der Waals surface area contributed by atoms with Gasteiger partial charge >= 0.3 is 0 Å². The maximum atomic E-state index is 6.47. The SMILES string of the molecule is CC1C=C(Oc2ccc(-c3nn(C4CCN(C5C[C@@H]6CN(C7C[C@H]8CNC[C@H]8C7)C[C@@H]6C5)CC4)c4ncnc(N)c34)cc2)C=CC1. The summed E-state index contributed by atoms with van der Waals surface area (Å²) >= 11 is 0. The predicted molar refractivity (Wildman–Crippen MR) is 181 cm³/mol. The van der Waals surface area contributed by atoms with Crippen molar-refractivity contribution >= 4 is 16.9 Å². The van der Waals surface area contributed by atoms with Gasteiger partial charge < -0.3 is 20.7 Å². The first-order chi connectivity index (χ1) is 22.6. The molecule has 9 nitrogen and oxygen atoms in total. The van der Waals surface area contributed by atoms with Gasteiger partial charge in [-0.05, 0) is 124 Å². The Morgan fingerprint density at radius 2 is 1.54 bits per heavy atom. The molecule has 3 aromatic rings. The zero-order valence-electron chi connectivity index (χ0n) is 27.1. The van der Waals surface area contributed by atoms with Gasteiger partial charge in [0.2, 0.25) is 0 Å². The Labute approximate surface area is 272 Å². The van der Waals surface area contributed by atoms with Gasteiger partial charge in [-0.25, -0.2) is 14.6 Å². The van der Waals surface area contributed by atoms with Crippen LogP contribution < -0.4 is 15.8 Å². The van der Waals surface area contributed by atoms with Crippen molar-refractivity contribution in [2.75, 3.05) is 45.0 Å². The molecule has 0 spiro atoms. The smallest absolute Gasteiger partial charge is 0.164 e. The molecule has 9 rings (SSSR count). The highest BCUT2D eigenvalue weighted by Crippen LogP contribution is 2.46.